The number of amides is 1. The molecule has 5 nitrogen and oxygen atoms in total. The maximum atomic E-state index is 12.2. The third kappa shape index (κ3) is 3.88. The molecule has 0 spiro atoms. The van der Waals surface area contributed by atoms with Crippen molar-refractivity contribution in [2.24, 2.45) is 12.8 Å². The highest BCUT2D eigenvalue weighted by Crippen LogP contribution is 2.12. The number of nitrogens with two attached hydrogens (primary N) is 1. The molecule has 0 aliphatic rings. The number of aryl methyl sites for hydroxylation is 2. The van der Waals surface area contributed by atoms with Crippen molar-refractivity contribution in [3.05, 3.63) is 47.3 Å². The van der Waals surface area contributed by atoms with E-state index in [0.717, 1.165) is 23.4 Å². The van der Waals surface area contributed by atoms with Gasteiger partial charge in [-0.05, 0) is 30.2 Å². The fraction of sp³-hybridized carbons (Fsp3) is 0.267. The highest BCUT2D eigenvalue weighted by molar-refractivity contribution is 7.80. The smallest absolute Gasteiger partial charge is 0.273 e. The first-order valence-corrected chi connectivity index (χ1v) is 7.12. The molecule has 1 amide bonds. The molecule has 0 aliphatic carbocycles. The number of nitrogens with one attached hydrogen (secondary N) is 1. The van der Waals surface area contributed by atoms with E-state index in [-0.39, 0.29) is 5.91 Å². The van der Waals surface area contributed by atoms with Gasteiger partial charge in [-0.1, -0.05) is 31.3 Å². The molecule has 6 heteroatoms. The van der Waals surface area contributed by atoms with Gasteiger partial charge in [0.05, 0.1) is 10.7 Å². The van der Waals surface area contributed by atoms with E-state index < -0.39 is 0 Å². The van der Waals surface area contributed by atoms with Crippen LogP contribution in [0.4, 0.5) is 5.69 Å². The first kappa shape index (κ1) is 15.2. The maximum absolute atomic E-state index is 12.2. The first-order chi connectivity index (χ1) is 9.99. The van der Waals surface area contributed by atoms with Crippen LogP contribution in [-0.2, 0) is 19.9 Å². The predicted octanol–water partition coefficient (Wildman–Crippen LogP) is 2.06. The van der Waals surface area contributed by atoms with Gasteiger partial charge >= 0.3 is 0 Å². The highest BCUT2D eigenvalue weighted by atomic mass is 32.1. The number of thiocarbonyl (C=S) groups is 1. The molecule has 0 unspecified atom stereocenters. The second-order valence-corrected chi connectivity index (χ2v) is 5.32. The van der Waals surface area contributed by atoms with Crippen LogP contribution in [0.2, 0.25) is 0 Å². The van der Waals surface area contributed by atoms with Crippen LogP contribution in [0.1, 0.15) is 28.7 Å². The third-order valence-electron chi connectivity index (χ3n) is 3.12. The molecule has 110 valence electrons. The van der Waals surface area contributed by atoms with Gasteiger partial charge < -0.3 is 11.1 Å². The van der Waals surface area contributed by atoms with Crippen LogP contribution < -0.4 is 11.1 Å². The normalized spacial score (nSPS) is 10.4. The molecule has 2 aromatic rings. The summed E-state index contributed by atoms with van der Waals surface area (Å²) in [5.41, 5.74) is 8.69. The van der Waals surface area contributed by atoms with E-state index >= 15 is 0 Å². The number of hydrogen-bond donors (Lipinski definition) is 2. The lowest BCUT2D eigenvalue weighted by Gasteiger charge is -2.06. The molecule has 2 rings (SSSR count). The van der Waals surface area contributed by atoms with Crippen molar-refractivity contribution in [1.29, 1.82) is 0 Å². The quantitative estimate of drug-likeness (QED) is 0.829. The van der Waals surface area contributed by atoms with Gasteiger partial charge in [-0.25, -0.2) is 0 Å². The molecule has 0 bridgehead atoms. The second-order valence-electron chi connectivity index (χ2n) is 4.79. The number of carbonyl (C=O) groups excluding carboxylic acids is 1. The first-order valence-electron chi connectivity index (χ1n) is 6.71. The summed E-state index contributed by atoms with van der Waals surface area (Å²) in [5.74, 6) is -0.174. The van der Waals surface area contributed by atoms with E-state index in [1.807, 2.05) is 31.2 Å². The lowest BCUT2D eigenvalue weighted by Crippen LogP contribution is -2.16. The van der Waals surface area contributed by atoms with Gasteiger partial charge in [0, 0.05) is 19.2 Å². The summed E-state index contributed by atoms with van der Waals surface area (Å²) in [6, 6.07) is 9.27. The number of carbonyl (C=O) groups is 1. The van der Waals surface area contributed by atoms with E-state index in [1.54, 1.807) is 17.8 Å². The second kappa shape index (κ2) is 6.49. The summed E-state index contributed by atoms with van der Waals surface area (Å²) in [7, 11) is 1.76. The van der Waals surface area contributed by atoms with Crippen molar-refractivity contribution >= 4 is 28.8 Å². The van der Waals surface area contributed by atoms with E-state index in [4.69, 9.17) is 18.0 Å². The van der Waals surface area contributed by atoms with Crippen molar-refractivity contribution in [3.8, 4) is 0 Å². The molecule has 21 heavy (non-hydrogen) atoms. The summed E-state index contributed by atoms with van der Waals surface area (Å²) < 4.78 is 1.59. The molecular formula is C15H18N4OS. The molecule has 0 saturated carbocycles. The van der Waals surface area contributed by atoms with Crippen LogP contribution in [0.25, 0.3) is 0 Å². The Morgan fingerprint density at radius 3 is 2.57 bits per heavy atom. The lowest BCUT2D eigenvalue weighted by atomic mass is 10.1. The zero-order valence-electron chi connectivity index (χ0n) is 12.1. The van der Waals surface area contributed by atoms with Crippen LogP contribution in [0.3, 0.4) is 0 Å². The largest absolute Gasteiger partial charge is 0.393 e. The van der Waals surface area contributed by atoms with Crippen molar-refractivity contribution in [2.75, 3.05) is 5.32 Å². The summed E-state index contributed by atoms with van der Waals surface area (Å²) in [6.45, 7) is 2.00. The number of anilines is 1. The van der Waals surface area contributed by atoms with Crippen molar-refractivity contribution < 1.29 is 4.79 Å². The Morgan fingerprint density at radius 1 is 1.38 bits per heavy atom. The minimum Gasteiger partial charge on any atom is -0.393 e. The van der Waals surface area contributed by atoms with Crippen molar-refractivity contribution in [2.45, 2.75) is 19.8 Å². The molecule has 0 atom stereocenters. The van der Waals surface area contributed by atoms with Crippen molar-refractivity contribution in [3.63, 3.8) is 0 Å². The van der Waals surface area contributed by atoms with Gasteiger partial charge in [0.1, 0.15) is 5.69 Å². The molecule has 0 radical (unpaired) electrons. The van der Waals surface area contributed by atoms with Crippen LogP contribution >= 0.6 is 12.2 Å². The van der Waals surface area contributed by atoms with Gasteiger partial charge in [0.25, 0.3) is 5.91 Å². The molecule has 0 saturated heterocycles. The Hall–Kier alpha value is -2.21. The molecule has 1 aromatic carbocycles. The van der Waals surface area contributed by atoms with Gasteiger partial charge in [-0.3, -0.25) is 9.48 Å². The van der Waals surface area contributed by atoms with Crippen LogP contribution in [0.5, 0.6) is 0 Å². The minimum absolute atomic E-state index is 0.174. The summed E-state index contributed by atoms with van der Waals surface area (Å²) in [4.78, 5) is 12.7. The van der Waals surface area contributed by atoms with Gasteiger partial charge in [0.2, 0.25) is 0 Å². The summed E-state index contributed by atoms with van der Waals surface area (Å²) in [6.07, 6.45) is 1.36. The average Bonchev–Trinajstić information content (AvgIpc) is 2.82. The zero-order valence-corrected chi connectivity index (χ0v) is 12.9. The fourth-order valence-electron chi connectivity index (χ4n) is 2.01. The van der Waals surface area contributed by atoms with E-state index in [0.29, 0.717) is 17.1 Å². The monoisotopic (exact) mass is 302 g/mol. The number of aromatic nitrogens is 2. The number of nitrogens with zero attached hydrogens (tertiary/aromatic N) is 2. The maximum Gasteiger partial charge on any atom is 0.273 e. The van der Waals surface area contributed by atoms with Crippen LogP contribution in [-0.4, -0.2) is 20.7 Å². The Bertz CT molecular complexity index is 661. The Morgan fingerprint density at radius 2 is 2.05 bits per heavy atom. The number of rotatable bonds is 5. The zero-order chi connectivity index (χ0) is 15.4. The molecular weight excluding hydrogens is 284 g/mol. The topological polar surface area (TPSA) is 72.9 Å². The minimum atomic E-state index is -0.174. The average molecular weight is 302 g/mol. The molecule has 0 fully saturated rings. The standard InChI is InChI=1S/C15H18N4OS/c1-3-11-9-13(19(2)18-11)15(20)17-12-6-4-10(5-7-12)8-14(16)21/h4-7,9H,3,8H2,1-2H3,(H2,16,21)(H,17,20). The van der Waals surface area contributed by atoms with E-state index in [9.17, 15) is 4.79 Å². The molecule has 1 heterocycles. The molecule has 3 N–H and O–H groups in total. The Labute approximate surface area is 129 Å². The Balaban J connectivity index is 2.08. The predicted molar refractivity (Wildman–Crippen MR) is 87.5 cm³/mol. The summed E-state index contributed by atoms with van der Waals surface area (Å²) >= 11 is 4.87. The SMILES string of the molecule is CCc1cc(C(=O)Nc2ccc(CC(N)=S)cc2)n(C)n1. The van der Waals surface area contributed by atoms with E-state index in [1.165, 1.54) is 0 Å². The van der Waals surface area contributed by atoms with Gasteiger partial charge in [-0.15, -0.1) is 0 Å². The lowest BCUT2D eigenvalue weighted by molar-refractivity contribution is 0.101. The van der Waals surface area contributed by atoms with E-state index in [2.05, 4.69) is 10.4 Å². The van der Waals surface area contributed by atoms with Gasteiger partial charge in [0.15, 0.2) is 0 Å². The molecule has 0 aliphatic heterocycles. The van der Waals surface area contributed by atoms with Crippen LogP contribution in [0.15, 0.2) is 30.3 Å². The Kier molecular flexibility index (Phi) is 4.70. The number of benzene rings is 1. The third-order valence-corrected chi connectivity index (χ3v) is 3.26. The van der Waals surface area contributed by atoms with Crippen molar-refractivity contribution in [1.82, 2.24) is 9.78 Å². The number of hydrogen-bond acceptors (Lipinski definition) is 3. The van der Waals surface area contributed by atoms with Gasteiger partial charge in [-0.2, -0.15) is 5.10 Å². The van der Waals surface area contributed by atoms with Crippen LogP contribution in [0, 0.1) is 0 Å². The summed E-state index contributed by atoms with van der Waals surface area (Å²) in [5, 5.41) is 7.12. The fourth-order valence-corrected chi connectivity index (χ4v) is 2.18. The molecule has 1 aromatic heterocycles. The highest BCUT2D eigenvalue weighted by Gasteiger charge is 2.12.